The van der Waals surface area contributed by atoms with Crippen molar-refractivity contribution in [2.75, 3.05) is 0 Å². The van der Waals surface area contributed by atoms with Crippen molar-refractivity contribution in [3.8, 4) is 0 Å². The number of hydrogen-bond donors (Lipinski definition) is 0. The number of benzene rings is 1. The second kappa shape index (κ2) is 5.74. The van der Waals surface area contributed by atoms with Gasteiger partial charge in [0, 0.05) is 24.7 Å². The summed E-state index contributed by atoms with van der Waals surface area (Å²) in [6.45, 7) is 0. The van der Waals surface area contributed by atoms with Crippen molar-refractivity contribution in [1.82, 2.24) is 4.57 Å². The van der Waals surface area contributed by atoms with Gasteiger partial charge in [0.05, 0.1) is 4.86 Å². The van der Waals surface area contributed by atoms with Crippen molar-refractivity contribution in [2.24, 2.45) is 7.05 Å². The minimum absolute atomic E-state index is 0.461. The first-order valence-electron chi connectivity index (χ1n) is 7.00. The second-order valence-electron chi connectivity index (χ2n) is 5.27. The summed E-state index contributed by atoms with van der Waals surface area (Å²) in [6, 6.07) is 10.6. The first kappa shape index (κ1) is 13.9. The quantitative estimate of drug-likeness (QED) is 0.817. The maximum Gasteiger partial charge on any atom is 0.217 e. The number of para-hydroxylation sites is 1. The van der Waals surface area contributed by atoms with Crippen LogP contribution in [0.2, 0.25) is 0 Å². The van der Waals surface area contributed by atoms with Crippen molar-refractivity contribution < 1.29 is 8.42 Å². The molecule has 1 aliphatic rings. The Hall–Kier alpha value is -2.07. The molecule has 3 nitrogen and oxygen atoms in total. The molecule has 1 heterocycles. The van der Waals surface area contributed by atoms with E-state index in [4.69, 9.17) is 0 Å². The lowest BCUT2D eigenvalue weighted by molar-refractivity contribution is 0.627. The van der Waals surface area contributed by atoms with Crippen LogP contribution in [-0.2, 0) is 23.8 Å². The van der Waals surface area contributed by atoms with Crippen LogP contribution in [0, 0.1) is 0 Å². The Bertz CT molecular complexity index is 875. The number of nitrogens with zero attached hydrogens (tertiary/aromatic N) is 1. The highest BCUT2D eigenvalue weighted by Gasteiger charge is 2.08. The molecule has 21 heavy (non-hydrogen) atoms. The third-order valence-corrected chi connectivity index (χ3v) is 4.71. The standard InChI is InChI=1S/C17H17NO2S/c1-18-15(12-14-4-2-3-5-17(14)18)9-6-13-7-10-16(11-8-13)21(19)20/h2-5,7-8,10,12H,6,9,11H2,1H3. The van der Waals surface area contributed by atoms with Crippen LogP contribution >= 0.6 is 0 Å². The zero-order valence-electron chi connectivity index (χ0n) is 11.9. The lowest BCUT2D eigenvalue weighted by Crippen LogP contribution is -2.01. The summed E-state index contributed by atoms with van der Waals surface area (Å²) in [5, 5.41) is 1.26. The van der Waals surface area contributed by atoms with Gasteiger partial charge in [0.1, 0.15) is 0 Å². The van der Waals surface area contributed by atoms with Gasteiger partial charge < -0.3 is 4.57 Å². The average Bonchev–Trinajstić information content (AvgIpc) is 2.82. The molecule has 0 atom stereocenters. The fourth-order valence-electron chi connectivity index (χ4n) is 2.74. The normalized spacial score (nSPS) is 14.5. The highest BCUT2D eigenvalue weighted by molar-refractivity contribution is 7.73. The zero-order valence-corrected chi connectivity index (χ0v) is 12.7. The molecule has 0 aliphatic heterocycles. The summed E-state index contributed by atoms with van der Waals surface area (Å²) < 4.78 is 24.0. The largest absolute Gasteiger partial charge is 0.348 e. The Morgan fingerprint density at radius 1 is 1.14 bits per heavy atom. The molecular weight excluding hydrogens is 282 g/mol. The Morgan fingerprint density at radius 2 is 1.95 bits per heavy atom. The zero-order chi connectivity index (χ0) is 14.8. The van der Waals surface area contributed by atoms with E-state index in [1.807, 2.05) is 12.2 Å². The molecule has 0 amide bonds. The van der Waals surface area contributed by atoms with Crippen molar-refractivity contribution in [1.29, 1.82) is 0 Å². The van der Waals surface area contributed by atoms with Crippen molar-refractivity contribution in [3.05, 3.63) is 59.8 Å². The predicted molar refractivity (Wildman–Crippen MR) is 87.0 cm³/mol. The molecular formula is C17H17NO2S. The Balaban J connectivity index is 1.75. The van der Waals surface area contributed by atoms with Crippen molar-refractivity contribution >= 4 is 26.1 Å². The molecule has 0 saturated heterocycles. The third kappa shape index (κ3) is 2.85. The van der Waals surface area contributed by atoms with E-state index in [2.05, 4.69) is 41.9 Å². The lowest BCUT2D eigenvalue weighted by Gasteiger charge is -2.08. The van der Waals surface area contributed by atoms with Gasteiger partial charge in [0.25, 0.3) is 0 Å². The van der Waals surface area contributed by atoms with Crippen LogP contribution in [0.3, 0.4) is 0 Å². The summed E-state index contributed by atoms with van der Waals surface area (Å²) in [4.78, 5) is 0.461. The molecule has 108 valence electrons. The van der Waals surface area contributed by atoms with Gasteiger partial charge in [-0.2, -0.15) is 8.42 Å². The number of fused-ring (bicyclic) bond motifs is 1. The molecule has 0 fully saturated rings. The van der Waals surface area contributed by atoms with Gasteiger partial charge in [-0.25, -0.2) is 0 Å². The monoisotopic (exact) mass is 299 g/mol. The minimum Gasteiger partial charge on any atom is -0.348 e. The molecule has 1 aromatic carbocycles. The number of aromatic nitrogens is 1. The van der Waals surface area contributed by atoms with Crippen LogP contribution in [0.5, 0.6) is 0 Å². The van der Waals surface area contributed by atoms with Gasteiger partial charge in [0.15, 0.2) is 0 Å². The molecule has 0 unspecified atom stereocenters. The van der Waals surface area contributed by atoms with E-state index in [1.54, 1.807) is 6.08 Å². The van der Waals surface area contributed by atoms with Crippen LogP contribution in [0.1, 0.15) is 18.5 Å². The van der Waals surface area contributed by atoms with Gasteiger partial charge in [-0.15, -0.1) is 0 Å². The molecule has 0 radical (unpaired) electrons. The van der Waals surface area contributed by atoms with E-state index in [1.165, 1.54) is 22.2 Å². The van der Waals surface area contributed by atoms with E-state index in [-0.39, 0.29) is 0 Å². The number of rotatable bonds is 3. The summed E-state index contributed by atoms with van der Waals surface area (Å²) in [6.07, 6.45) is 8.03. The van der Waals surface area contributed by atoms with E-state index in [9.17, 15) is 8.42 Å². The molecule has 0 spiro atoms. The molecule has 1 aliphatic carbocycles. The van der Waals surface area contributed by atoms with Crippen LogP contribution in [0.4, 0.5) is 0 Å². The smallest absolute Gasteiger partial charge is 0.217 e. The number of hydrogen-bond acceptors (Lipinski definition) is 2. The van der Waals surface area contributed by atoms with Crippen LogP contribution in [0.15, 0.2) is 54.1 Å². The minimum atomic E-state index is -2.09. The first-order chi connectivity index (χ1) is 10.1. The van der Waals surface area contributed by atoms with Gasteiger partial charge in [-0.1, -0.05) is 35.9 Å². The topological polar surface area (TPSA) is 39.1 Å². The molecule has 3 rings (SSSR count). The SMILES string of the molecule is Cn1c(CCC2=CCC(=S(=O)=O)C=C2)cc2ccccc21. The number of allylic oxidation sites excluding steroid dienone is 4. The molecule has 4 heteroatoms. The van der Waals surface area contributed by atoms with Crippen LogP contribution < -0.4 is 0 Å². The summed E-state index contributed by atoms with van der Waals surface area (Å²) in [7, 11) is 0.00256. The predicted octanol–water partition coefficient (Wildman–Crippen LogP) is 3.05. The first-order valence-corrected chi connectivity index (χ1v) is 8.08. The van der Waals surface area contributed by atoms with E-state index in [0.29, 0.717) is 11.3 Å². The van der Waals surface area contributed by atoms with E-state index < -0.39 is 10.3 Å². The fraction of sp³-hybridized carbons (Fsp3) is 0.235. The Morgan fingerprint density at radius 3 is 2.62 bits per heavy atom. The Kier molecular flexibility index (Phi) is 3.80. The second-order valence-corrected chi connectivity index (χ2v) is 6.26. The van der Waals surface area contributed by atoms with Crippen LogP contribution in [-0.4, -0.2) is 17.8 Å². The summed E-state index contributed by atoms with van der Waals surface area (Å²) in [5.74, 6) is 0. The third-order valence-electron chi connectivity index (χ3n) is 3.98. The van der Waals surface area contributed by atoms with Crippen molar-refractivity contribution in [3.63, 3.8) is 0 Å². The van der Waals surface area contributed by atoms with Gasteiger partial charge in [-0.3, -0.25) is 0 Å². The lowest BCUT2D eigenvalue weighted by atomic mass is 10.0. The van der Waals surface area contributed by atoms with E-state index >= 15 is 0 Å². The van der Waals surface area contributed by atoms with Gasteiger partial charge >= 0.3 is 0 Å². The van der Waals surface area contributed by atoms with Crippen LogP contribution in [0.25, 0.3) is 10.9 Å². The molecule has 0 bridgehead atoms. The van der Waals surface area contributed by atoms with E-state index in [0.717, 1.165) is 12.8 Å². The maximum atomic E-state index is 10.9. The molecule has 0 N–H and O–H groups in total. The average molecular weight is 299 g/mol. The fourth-order valence-corrected chi connectivity index (χ4v) is 3.13. The van der Waals surface area contributed by atoms with Gasteiger partial charge in [0.2, 0.25) is 10.3 Å². The highest BCUT2D eigenvalue weighted by atomic mass is 32.2. The summed E-state index contributed by atoms with van der Waals surface area (Å²) >= 11 is 0. The van der Waals surface area contributed by atoms with Gasteiger partial charge in [-0.05, 0) is 36.4 Å². The van der Waals surface area contributed by atoms with Crippen molar-refractivity contribution in [2.45, 2.75) is 19.3 Å². The summed E-state index contributed by atoms with van der Waals surface area (Å²) in [5.41, 5.74) is 3.75. The number of aryl methyl sites for hydroxylation is 2. The Labute approximate surface area is 125 Å². The molecule has 0 saturated carbocycles. The molecule has 2 aromatic rings. The molecule has 1 aromatic heterocycles. The maximum absolute atomic E-state index is 10.9. The highest BCUT2D eigenvalue weighted by Crippen LogP contribution is 2.21.